The molecule has 10 heteroatoms. The highest BCUT2D eigenvalue weighted by Gasteiger charge is 2.22. The minimum Gasteiger partial charge on any atom is -0.508 e. The third-order valence-corrected chi connectivity index (χ3v) is 5.34. The van der Waals surface area contributed by atoms with Crippen molar-refractivity contribution >= 4 is 45.9 Å². The van der Waals surface area contributed by atoms with Gasteiger partial charge in [0.05, 0.1) is 35.3 Å². The lowest BCUT2D eigenvalue weighted by Crippen LogP contribution is -2.01. The first kappa shape index (κ1) is 23.9. The Morgan fingerprint density at radius 1 is 0.909 bits per heavy atom. The molecule has 0 aliphatic heterocycles. The Labute approximate surface area is 199 Å². The van der Waals surface area contributed by atoms with Crippen LogP contribution in [0.4, 0.5) is 5.69 Å². The molecule has 1 aromatic heterocycles. The zero-order valence-corrected chi connectivity index (χ0v) is 19.1. The van der Waals surface area contributed by atoms with Crippen molar-refractivity contribution in [3.63, 3.8) is 0 Å². The molecule has 0 unspecified atom stereocenters. The summed E-state index contributed by atoms with van der Waals surface area (Å²) in [6.45, 7) is 0. The van der Waals surface area contributed by atoms with E-state index < -0.39 is 5.97 Å². The van der Waals surface area contributed by atoms with Gasteiger partial charge >= 0.3 is 5.97 Å². The topological polar surface area (TPSA) is 128 Å². The number of nitrogen functional groups attached to an aromatic ring is 1. The maximum absolute atomic E-state index is 11.4. The van der Waals surface area contributed by atoms with E-state index in [4.69, 9.17) is 43.5 Å². The molecule has 0 atom stereocenters. The van der Waals surface area contributed by atoms with Gasteiger partial charge in [0, 0.05) is 35.3 Å². The second-order valence-corrected chi connectivity index (χ2v) is 7.35. The number of halogens is 2. The molecule has 4 rings (SSSR count). The van der Waals surface area contributed by atoms with Crippen molar-refractivity contribution in [2.75, 3.05) is 20.0 Å². The number of phenolic OH excluding ortho intramolecular Hbond substituents is 1. The van der Waals surface area contributed by atoms with E-state index in [1.54, 1.807) is 36.4 Å². The van der Waals surface area contributed by atoms with E-state index in [1.807, 2.05) is 0 Å². The molecule has 8 nitrogen and oxygen atoms in total. The second-order valence-electron chi connectivity index (χ2n) is 6.59. The van der Waals surface area contributed by atoms with Gasteiger partial charge in [-0.3, -0.25) is 9.97 Å². The molecular weight excluding hydrogens is 469 g/mol. The Morgan fingerprint density at radius 3 is 1.94 bits per heavy atom. The van der Waals surface area contributed by atoms with Crippen LogP contribution in [0.5, 0.6) is 17.2 Å². The van der Waals surface area contributed by atoms with E-state index in [-0.39, 0.29) is 26.9 Å². The number of ether oxygens (including phenoxy) is 2. The van der Waals surface area contributed by atoms with Crippen molar-refractivity contribution in [2.24, 2.45) is 0 Å². The fraction of sp³-hybridized carbons (Fsp3) is 0.0870. The number of carboxylic acids is 1. The molecule has 0 bridgehead atoms. The number of rotatable bonds is 4. The number of nitrogens with zero attached hydrogens (tertiary/aromatic N) is 2. The molecule has 0 aliphatic rings. The smallest absolute Gasteiger partial charge is 0.337 e. The summed E-state index contributed by atoms with van der Waals surface area (Å²) in [6, 6.07) is 11.0. The zero-order chi connectivity index (χ0) is 24.1. The number of fused-ring (bicyclic) bond motifs is 1. The van der Waals surface area contributed by atoms with Crippen LogP contribution >= 0.6 is 23.2 Å². The lowest BCUT2D eigenvalue weighted by Gasteiger charge is -2.16. The molecule has 0 radical (unpaired) electrons. The van der Waals surface area contributed by atoms with Gasteiger partial charge in [0.1, 0.15) is 22.8 Å². The number of aromatic carboxylic acids is 1. The standard InChI is InChI=1S/C17H12Cl2N2O4.C6H7NO/c1-24-10-7-11(25-2)14(19)12(13(10)18)8-3-4-9(17(22)23)16-15(8)20-5-6-21-16;7-5-1-3-6(8)4-2-5/h3-7H,1-2H3,(H,22,23);1-4,8H,7H2. The number of aromatic hydroxyl groups is 1. The Kier molecular flexibility index (Phi) is 7.42. The Balaban J connectivity index is 0.000000323. The molecule has 3 aromatic carbocycles. The Bertz CT molecular complexity index is 1260. The fourth-order valence-electron chi connectivity index (χ4n) is 3.03. The molecule has 1 heterocycles. The predicted octanol–water partition coefficient (Wildman–Crippen LogP) is 5.29. The molecule has 33 heavy (non-hydrogen) atoms. The van der Waals surface area contributed by atoms with Gasteiger partial charge in [0.2, 0.25) is 0 Å². The van der Waals surface area contributed by atoms with Crippen molar-refractivity contribution in [1.29, 1.82) is 0 Å². The Morgan fingerprint density at radius 2 is 1.45 bits per heavy atom. The number of anilines is 1. The van der Waals surface area contributed by atoms with Gasteiger partial charge < -0.3 is 25.4 Å². The molecule has 4 N–H and O–H groups in total. The Hall–Kier alpha value is -3.75. The number of methoxy groups -OCH3 is 2. The van der Waals surface area contributed by atoms with Crippen LogP contribution in [0.3, 0.4) is 0 Å². The van der Waals surface area contributed by atoms with Gasteiger partial charge in [-0.05, 0) is 30.3 Å². The average molecular weight is 488 g/mol. The van der Waals surface area contributed by atoms with E-state index >= 15 is 0 Å². The van der Waals surface area contributed by atoms with Crippen molar-refractivity contribution in [1.82, 2.24) is 9.97 Å². The van der Waals surface area contributed by atoms with E-state index in [2.05, 4.69) is 9.97 Å². The van der Waals surface area contributed by atoms with Crippen LogP contribution in [0.15, 0.2) is 54.9 Å². The zero-order valence-electron chi connectivity index (χ0n) is 17.5. The van der Waals surface area contributed by atoms with Gasteiger partial charge in [-0.15, -0.1) is 0 Å². The maximum Gasteiger partial charge on any atom is 0.337 e. The first-order valence-corrected chi connectivity index (χ1v) is 10.2. The molecule has 0 aliphatic carbocycles. The quantitative estimate of drug-likeness (QED) is 0.261. The van der Waals surface area contributed by atoms with Gasteiger partial charge in [-0.25, -0.2) is 4.79 Å². The first-order valence-electron chi connectivity index (χ1n) is 9.40. The van der Waals surface area contributed by atoms with Crippen LogP contribution in [0.1, 0.15) is 10.4 Å². The SMILES string of the molecule is COc1cc(OC)c(Cl)c(-c2ccc(C(=O)O)c3nccnc23)c1Cl.Nc1ccc(O)cc1. The average Bonchev–Trinajstić information content (AvgIpc) is 2.81. The summed E-state index contributed by atoms with van der Waals surface area (Å²) in [6.07, 6.45) is 2.89. The van der Waals surface area contributed by atoms with Gasteiger partial charge in [0.25, 0.3) is 0 Å². The number of carbonyl (C=O) groups is 1. The molecular formula is C23H19Cl2N3O5. The molecule has 0 saturated heterocycles. The molecule has 4 aromatic rings. The highest BCUT2D eigenvalue weighted by molar-refractivity contribution is 6.41. The summed E-state index contributed by atoms with van der Waals surface area (Å²) in [5.41, 5.74) is 7.58. The third kappa shape index (κ3) is 5.02. The summed E-state index contributed by atoms with van der Waals surface area (Å²) in [5, 5.41) is 18.6. The van der Waals surface area contributed by atoms with Crippen LogP contribution in [-0.4, -0.2) is 40.4 Å². The van der Waals surface area contributed by atoms with Crippen molar-refractivity contribution in [3.8, 4) is 28.4 Å². The summed E-state index contributed by atoms with van der Waals surface area (Å²) in [5.74, 6) is -0.105. The number of hydrogen-bond donors (Lipinski definition) is 3. The minimum atomic E-state index is -1.10. The highest BCUT2D eigenvalue weighted by atomic mass is 35.5. The van der Waals surface area contributed by atoms with Crippen LogP contribution in [0.25, 0.3) is 22.2 Å². The van der Waals surface area contributed by atoms with E-state index in [0.717, 1.165) is 0 Å². The van der Waals surface area contributed by atoms with Crippen molar-refractivity contribution < 1.29 is 24.5 Å². The van der Waals surface area contributed by atoms with Crippen LogP contribution in [0, 0.1) is 0 Å². The van der Waals surface area contributed by atoms with E-state index in [1.165, 1.54) is 32.7 Å². The third-order valence-electron chi connectivity index (χ3n) is 4.59. The monoisotopic (exact) mass is 487 g/mol. The van der Waals surface area contributed by atoms with E-state index in [9.17, 15) is 9.90 Å². The van der Waals surface area contributed by atoms with Crippen LogP contribution in [-0.2, 0) is 0 Å². The first-order chi connectivity index (χ1) is 15.8. The fourth-order valence-corrected chi connectivity index (χ4v) is 3.73. The van der Waals surface area contributed by atoms with Gasteiger partial charge in [0.15, 0.2) is 0 Å². The predicted molar refractivity (Wildman–Crippen MR) is 128 cm³/mol. The van der Waals surface area contributed by atoms with Gasteiger partial charge in [-0.1, -0.05) is 29.3 Å². The van der Waals surface area contributed by atoms with Crippen molar-refractivity contribution in [3.05, 3.63) is 70.5 Å². The summed E-state index contributed by atoms with van der Waals surface area (Å²) in [7, 11) is 2.95. The van der Waals surface area contributed by atoms with Gasteiger partial charge in [-0.2, -0.15) is 0 Å². The lowest BCUT2D eigenvalue weighted by atomic mass is 10.00. The van der Waals surface area contributed by atoms with Crippen LogP contribution in [0.2, 0.25) is 10.0 Å². The number of benzene rings is 3. The number of carboxylic acid groups (broad SMARTS) is 1. The number of nitrogens with two attached hydrogens (primary N) is 1. The number of hydrogen-bond acceptors (Lipinski definition) is 7. The van der Waals surface area contributed by atoms with Crippen molar-refractivity contribution in [2.45, 2.75) is 0 Å². The summed E-state index contributed by atoms with van der Waals surface area (Å²) < 4.78 is 10.6. The summed E-state index contributed by atoms with van der Waals surface area (Å²) >= 11 is 12.9. The largest absolute Gasteiger partial charge is 0.508 e. The van der Waals surface area contributed by atoms with Crippen LogP contribution < -0.4 is 15.2 Å². The highest BCUT2D eigenvalue weighted by Crippen LogP contribution is 2.47. The lowest BCUT2D eigenvalue weighted by molar-refractivity contribution is 0.0699. The number of aromatic nitrogens is 2. The maximum atomic E-state index is 11.4. The second kappa shape index (κ2) is 10.2. The normalized spacial score (nSPS) is 10.3. The minimum absolute atomic E-state index is 0.0361. The molecule has 0 fully saturated rings. The molecule has 0 saturated carbocycles. The summed E-state index contributed by atoms with van der Waals surface area (Å²) in [4.78, 5) is 19.8. The molecule has 0 amide bonds. The molecule has 0 spiro atoms. The number of phenols is 1. The molecule has 170 valence electrons. The van der Waals surface area contributed by atoms with E-state index in [0.29, 0.717) is 33.8 Å².